The van der Waals surface area contributed by atoms with Crippen LogP contribution in [-0.2, 0) is 4.79 Å². The first kappa shape index (κ1) is 32.3. The highest BCUT2D eigenvalue weighted by Gasteiger charge is 2.56. The average molecular weight is 624 g/mol. The van der Waals surface area contributed by atoms with Crippen molar-refractivity contribution in [1.82, 2.24) is 40.9 Å². The van der Waals surface area contributed by atoms with Crippen molar-refractivity contribution in [2.24, 2.45) is 17.1 Å². The number of halogens is 2. The van der Waals surface area contributed by atoms with Crippen molar-refractivity contribution in [1.29, 1.82) is 0 Å². The molecule has 250 valence electrons. The topological polar surface area (TPSA) is 121 Å². The third-order valence-electron chi connectivity index (χ3n) is 11.7. The minimum absolute atomic E-state index is 0.0662. The Morgan fingerprint density at radius 3 is 2.20 bits per heavy atom. The zero-order valence-corrected chi connectivity index (χ0v) is 26.5. The summed E-state index contributed by atoms with van der Waals surface area (Å²) in [5, 5.41) is 13.5. The van der Waals surface area contributed by atoms with E-state index in [1.807, 2.05) is 9.80 Å². The molecule has 5 saturated heterocycles. The zero-order chi connectivity index (χ0) is 30.8. The number of hydrogen-bond acceptors (Lipinski definition) is 8. The second-order valence-corrected chi connectivity index (χ2v) is 14.4. The minimum Gasteiger partial charge on any atom is -0.350 e. The molecular formula is C31H55F2N9O2. The van der Waals surface area contributed by atoms with Gasteiger partial charge in [-0.1, -0.05) is 25.7 Å². The van der Waals surface area contributed by atoms with Crippen molar-refractivity contribution in [3.8, 4) is 0 Å². The van der Waals surface area contributed by atoms with Crippen molar-refractivity contribution in [3.05, 3.63) is 0 Å². The van der Waals surface area contributed by atoms with E-state index in [1.165, 1.54) is 12.8 Å². The summed E-state index contributed by atoms with van der Waals surface area (Å²) in [7, 11) is 2.07. The average Bonchev–Trinajstić information content (AvgIpc) is 3.27. The fraction of sp³-hybridized carbons (Fsp3) is 0.935. The summed E-state index contributed by atoms with van der Waals surface area (Å²) in [6.07, 6.45) is 5.08. The highest BCUT2D eigenvalue weighted by Crippen LogP contribution is 2.48. The second kappa shape index (κ2) is 14.0. The lowest BCUT2D eigenvalue weighted by atomic mass is 9.60. The van der Waals surface area contributed by atoms with E-state index in [2.05, 4.69) is 38.1 Å². The van der Waals surface area contributed by atoms with Gasteiger partial charge in [-0.2, -0.15) is 0 Å². The molecule has 0 radical (unpaired) electrons. The number of nitrogens with two attached hydrogens (primary N) is 1. The number of nitrogens with zero attached hydrogens (tertiary/aromatic N) is 4. The smallest absolute Gasteiger partial charge is 0.320 e. The van der Waals surface area contributed by atoms with Crippen molar-refractivity contribution >= 4 is 11.9 Å². The molecule has 3 amide bonds. The van der Waals surface area contributed by atoms with Crippen LogP contribution in [0.25, 0.3) is 0 Å². The number of carbonyl (C=O) groups is 2. The molecule has 5 aliphatic heterocycles. The Labute approximate surface area is 261 Å². The fourth-order valence-corrected chi connectivity index (χ4v) is 9.23. The lowest BCUT2D eigenvalue weighted by molar-refractivity contribution is -0.135. The van der Waals surface area contributed by atoms with E-state index in [-0.39, 0.29) is 42.5 Å². The van der Waals surface area contributed by atoms with Crippen molar-refractivity contribution in [3.63, 3.8) is 0 Å². The van der Waals surface area contributed by atoms with Crippen molar-refractivity contribution in [2.45, 2.75) is 94.0 Å². The van der Waals surface area contributed by atoms with Gasteiger partial charge in [0.05, 0.1) is 24.2 Å². The molecule has 2 bridgehead atoms. The number of piperidine rings is 2. The van der Waals surface area contributed by atoms with E-state index >= 15 is 4.39 Å². The summed E-state index contributed by atoms with van der Waals surface area (Å²) in [6, 6.07) is -1.03. The van der Waals surface area contributed by atoms with Crippen LogP contribution in [0.3, 0.4) is 0 Å². The monoisotopic (exact) mass is 623 g/mol. The number of nitrogens with one attached hydrogen (secondary N) is 4. The molecule has 8 unspecified atom stereocenters. The van der Waals surface area contributed by atoms with Gasteiger partial charge in [0.15, 0.2) is 0 Å². The molecule has 13 heteroatoms. The van der Waals surface area contributed by atoms with Gasteiger partial charge in [-0.05, 0) is 32.7 Å². The van der Waals surface area contributed by atoms with Crippen LogP contribution >= 0.6 is 0 Å². The van der Waals surface area contributed by atoms with Crippen LogP contribution in [0.2, 0.25) is 0 Å². The molecule has 1 spiro atoms. The van der Waals surface area contributed by atoms with Crippen LogP contribution in [0, 0.1) is 11.3 Å². The third-order valence-corrected chi connectivity index (χ3v) is 11.7. The van der Waals surface area contributed by atoms with E-state index in [0.717, 1.165) is 58.3 Å². The summed E-state index contributed by atoms with van der Waals surface area (Å²) in [6.45, 7) is 6.34. The molecule has 1 saturated carbocycles. The Bertz CT molecular complexity index is 985. The maximum atomic E-state index is 15.7. The van der Waals surface area contributed by atoms with E-state index < -0.39 is 36.5 Å². The fourth-order valence-electron chi connectivity index (χ4n) is 9.23. The SMILES string of the molecule is CN1CCN(C(=O)N2CCN(C3C(F)CNCC3NC(=O)C3C(N)NC4CCC(F)CNC3C43CCCCCC3)CC2)CC1. The second-order valence-electron chi connectivity index (χ2n) is 14.4. The number of rotatable bonds is 3. The lowest BCUT2D eigenvalue weighted by Crippen LogP contribution is -2.75. The number of alkyl halides is 2. The Morgan fingerprint density at radius 2 is 1.52 bits per heavy atom. The van der Waals surface area contributed by atoms with Crippen LogP contribution in [0.4, 0.5) is 13.6 Å². The number of piperazine rings is 2. The van der Waals surface area contributed by atoms with Gasteiger partial charge in [-0.15, -0.1) is 0 Å². The van der Waals surface area contributed by atoms with Gasteiger partial charge in [-0.25, -0.2) is 13.6 Å². The lowest BCUT2D eigenvalue weighted by Gasteiger charge is -2.57. The summed E-state index contributed by atoms with van der Waals surface area (Å²) in [5.41, 5.74) is 6.57. The highest BCUT2D eigenvalue weighted by molar-refractivity contribution is 5.81. The van der Waals surface area contributed by atoms with Gasteiger partial charge in [-0.3, -0.25) is 15.0 Å². The molecule has 11 nitrogen and oxygen atoms in total. The maximum absolute atomic E-state index is 15.7. The van der Waals surface area contributed by atoms with E-state index in [4.69, 9.17) is 5.73 Å². The molecule has 6 aliphatic rings. The van der Waals surface area contributed by atoms with Gasteiger partial charge >= 0.3 is 6.03 Å². The summed E-state index contributed by atoms with van der Waals surface area (Å²) in [5.74, 6) is -0.774. The molecule has 6 rings (SSSR count). The van der Waals surface area contributed by atoms with Crippen LogP contribution < -0.4 is 27.0 Å². The highest BCUT2D eigenvalue weighted by atomic mass is 19.1. The number of hydrogen-bond donors (Lipinski definition) is 5. The number of likely N-dealkylation sites (N-methyl/N-ethyl adjacent to an activating group) is 1. The molecule has 44 heavy (non-hydrogen) atoms. The standard InChI is InChI=1S/C31H55F2N9O2/c1-39-10-12-41(13-11-39)30(44)42-16-14-40(15-17-42)26-22(33)19-35-20-23(26)37-29(43)25-27-31(8-4-2-3-5-9-31)24(38-28(25)34)7-6-21(32)18-36-27/h21-28,35-36,38H,2-20,34H2,1H3,(H,37,43). The summed E-state index contributed by atoms with van der Waals surface area (Å²) in [4.78, 5) is 35.6. The van der Waals surface area contributed by atoms with Crippen LogP contribution in [0.1, 0.15) is 51.4 Å². The Morgan fingerprint density at radius 1 is 0.864 bits per heavy atom. The molecule has 6 N–H and O–H groups in total. The van der Waals surface area contributed by atoms with E-state index in [0.29, 0.717) is 39.1 Å². The van der Waals surface area contributed by atoms with E-state index in [9.17, 15) is 14.0 Å². The van der Waals surface area contributed by atoms with Gasteiger partial charge in [0.1, 0.15) is 12.3 Å². The molecule has 5 heterocycles. The molecular weight excluding hydrogens is 568 g/mol. The molecule has 6 fully saturated rings. The van der Waals surface area contributed by atoms with Crippen LogP contribution in [0.15, 0.2) is 0 Å². The van der Waals surface area contributed by atoms with E-state index in [1.54, 1.807) is 0 Å². The van der Waals surface area contributed by atoms with Crippen LogP contribution in [0.5, 0.6) is 0 Å². The number of carbonyl (C=O) groups excluding carboxylic acids is 2. The van der Waals surface area contributed by atoms with Gasteiger partial charge < -0.3 is 36.4 Å². The Hall–Kier alpha value is -1.64. The van der Waals surface area contributed by atoms with Crippen molar-refractivity contribution < 1.29 is 18.4 Å². The molecule has 8 atom stereocenters. The summed E-state index contributed by atoms with van der Waals surface area (Å²) < 4.78 is 30.4. The van der Waals surface area contributed by atoms with Crippen molar-refractivity contribution in [2.75, 3.05) is 79.0 Å². The predicted molar refractivity (Wildman–Crippen MR) is 166 cm³/mol. The first-order valence-corrected chi connectivity index (χ1v) is 17.3. The normalized spacial score (nSPS) is 39.3. The predicted octanol–water partition coefficient (Wildman–Crippen LogP) is 0.0696. The number of urea groups is 1. The maximum Gasteiger partial charge on any atom is 0.320 e. The quantitative estimate of drug-likeness (QED) is 0.300. The van der Waals surface area contributed by atoms with Gasteiger partial charge in [0, 0.05) is 89.5 Å². The first-order chi connectivity index (χ1) is 21.3. The van der Waals surface area contributed by atoms with Gasteiger partial charge in [0.25, 0.3) is 0 Å². The zero-order valence-electron chi connectivity index (χ0n) is 26.5. The third kappa shape index (κ3) is 6.60. The Balaban J connectivity index is 1.14. The van der Waals surface area contributed by atoms with Crippen LogP contribution in [-0.4, -0.2) is 153 Å². The van der Waals surface area contributed by atoms with Gasteiger partial charge in [0.2, 0.25) is 5.91 Å². The molecule has 0 aromatic heterocycles. The molecule has 0 aromatic carbocycles. The largest absolute Gasteiger partial charge is 0.350 e. The number of amides is 3. The molecule has 1 aliphatic carbocycles. The minimum atomic E-state index is -1.16. The first-order valence-electron chi connectivity index (χ1n) is 17.3. The Kier molecular flexibility index (Phi) is 10.3. The molecule has 0 aromatic rings. The summed E-state index contributed by atoms with van der Waals surface area (Å²) >= 11 is 0.